The van der Waals surface area contributed by atoms with Gasteiger partial charge in [-0.15, -0.1) is 0 Å². The number of sulfonamides is 1. The lowest BCUT2D eigenvalue weighted by Gasteiger charge is -2.34. The van der Waals surface area contributed by atoms with Crippen molar-refractivity contribution in [3.63, 3.8) is 0 Å². The Morgan fingerprint density at radius 1 is 1.19 bits per heavy atom. The number of rotatable bonds is 7. The highest BCUT2D eigenvalue weighted by Gasteiger charge is 2.49. The van der Waals surface area contributed by atoms with Crippen molar-refractivity contribution in [2.75, 3.05) is 25.0 Å². The minimum atomic E-state index is -5.48. The van der Waals surface area contributed by atoms with Gasteiger partial charge in [-0.3, -0.25) is 4.31 Å². The number of benzene rings is 2. The van der Waals surface area contributed by atoms with Gasteiger partial charge in [0.15, 0.2) is 0 Å². The quantitative estimate of drug-likeness (QED) is 0.665. The fourth-order valence-corrected chi connectivity index (χ4v) is 4.45. The number of ether oxygens (including phenoxy) is 1. The first-order valence-electron chi connectivity index (χ1n) is 9.89. The lowest BCUT2D eigenvalue weighted by molar-refractivity contribution is -0.0437. The number of nitrogens with zero attached hydrogens (tertiary/aromatic N) is 1. The van der Waals surface area contributed by atoms with E-state index in [0.717, 1.165) is 32.0 Å². The smallest absolute Gasteiger partial charge is 0.496 e. The second-order valence-corrected chi connectivity index (χ2v) is 9.35. The highest BCUT2D eigenvalue weighted by molar-refractivity contribution is 7.93. The number of hydrogen-bond acceptors (Lipinski definition) is 5. The minimum Gasteiger partial charge on any atom is -0.496 e. The molecule has 1 saturated heterocycles. The molecule has 0 spiro atoms. The molecule has 0 aromatic heterocycles. The molecule has 0 bridgehead atoms. The van der Waals surface area contributed by atoms with E-state index in [1.165, 1.54) is 25.3 Å². The Kier molecular flexibility index (Phi) is 7.13. The normalized spacial score (nSPS) is 19.8. The molecule has 0 unspecified atom stereocenters. The van der Waals surface area contributed by atoms with Crippen LogP contribution in [0.25, 0.3) is 0 Å². The van der Waals surface area contributed by atoms with Crippen molar-refractivity contribution in [2.24, 2.45) is 0 Å². The molecule has 0 radical (unpaired) electrons. The zero-order chi connectivity index (χ0) is 22.6. The summed E-state index contributed by atoms with van der Waals surface area (Å²) in [5.41, 5.74) is -3.74. The number of piperidine rings is 1. The molecular weight excluding hydrogens is 431 g/mol. The fraction of sp³-hybridized carbons (Fsp3) is 0.429. The molecule has 2 atom stereocenters. The van der Waals surface area contributed by atoms with Crippen LogP contribution in [0.3, 0.4) is 0 Å². The Labute approximate surface area is 180 Å². The summed E-state index contributed by atoms with van der Waals surface area (Å²) in [6, 6.07) is 14.4. The largest absolute Gasteiger partial charge is 0.516 e. The zero-order valence-electron chi connectivity index (χ0n) is 17.3. The maximum atomic E-state index is 12.9. The van der Waals surface area contributed by atoms with Crippen molar-refractivity contribution < 1.29 is 26.3 Å². The number of alkyl halides is 3. The molecule has 1 aliphatic rings. The van der Waals surface area contributed by atoms with Crippen LogP contribution in [0.15, 0.2) is 48.5 Å². The third kappa shape index (κ3) is 5.13. The zero-order valence-corrected chi connectivity index (χ0v) is 18.1. The number of methoxy groups -OCH3 is 1. The van der Waals surface area contributed by atoms with Crippen molar-refractivity contribution in [3.8, 4) is 5.75 Å². The van der Waals surface area contributed by atoms with Crippen molar-refractivity contribution in [2.45, 2.75) is 37.0 Å². The van der Waals surface area contributed by atoms with Crippen molar-refractivity contribution in [3.05, 3.63) is 59.7 Å². The molecule has 1 fully saturated rings. The Bertz CT molecular complexity index is 984. The topological polar surface area (TPSA) is 70.7 Å². The van der Waals surface area contributed by atoms with E-state index in [0.29, 0.717) is 17.9 Å². The third-order valence-corrected chi connectivity index (χ3v) is 6.97. The summed E-state index contributed by atoms with van der Waals surface area (Å²) in [6.45, 7) is 1.21. The lowest BCUT2D eigenvalue weighted by atomic mass is 9.92. The van der Waals surface area contributed by atoms with E-state index >= 15 is 0 Å². The Morgan fingerprint density at radius 2 is 1.90 bits per heavy atom. The summed E-state index contributed by atoms with van der Waals surface area (Å²) in [6.07, 6.45) is 1.92. The van der Waals surface area contributed by atoms with Crippen LogP contribution in [-0.2, 0) is 16.6 Å². The highest BCUT2D eigenvalue weighted by atomic mass is 32.2. The maximum Gasteiger partial charge on any atom is 0.516 e. The van der Waals surface area contributed by atoms with Gasteiger partial charge >= 0.3 is 15.5 Å². The molecule has 3 rings (SSSR count). The molecule has 6 nitrogen and oxygen atoms in total. The lowest BCUT2D eigenvalue weighted by Crippen LogP contribution is -2.45. The summed E-state index contributed by atoms with van der Waals surface area (Å²) in [4.78, 5) is 0. The van der Waals surface area contributed by atoms with Crippen molar-refractivity contribution in [1.82, 2.24) is 10.6 Å². The fourth-order valence-electron chi connectivity index (χ4n) is 3.75. The van der Waals surface area contributed by atoms with E-state index in [9.17, 15) is 21.6 Å². The first-order chi connectivity index (χ1) is 14.6. The van der Waals surface area contributed by atoms with E-state index in [-0.39, 0.29) is 22.1 Å². The molecule has 0 saturated carbocycles. The van der Waals surface area contributed by atoms with Crippen LogP contribution >= 0.6 is 0 Å². The number of anilines is 1. The molecule has 2 N–H and O–H groups in total. The van der Waals surface area contributed by atoms with Crippen LogP contribution in [0.4, 0.5) is 18.9 Å². The minimum absolute atomic E-state index is 0.0868. The van der Waals surface area contributed by atoms with Gasteiger partial charge in [-0.1, -0.05) is 30.3 Å². The van der Waals surface area contributed by atoms with Crippen molar-refractivity contribution >= 4 is 15.7 Å². The van der Waals surface area contributed by atoms with Crippen LogP contribution in [0.5, 0.6) is 5.75 Å². The second kappa shape index (κ2) is 9.46. The monoisotopic (exact) mass is 457 g/mol. The molecule has 1 aliphatic heterocycles. The van der Waals surface area contributed by atoms with Gasteiger partial charge in [0.05, 0.1) is 12.8 Å². The SMILES string of the molecule is COc1ccc(N(C)S(=O)(=O)C(F)(F)F)cc1CN[C@H]1CCCN[C@H]1c1ccccc1. The average Bonchev–Trinajstić information content (AvgIpc) is 2.77. The van der Waals surface area contributed by atoms with E-state index in [4.69, 9.17) is 4.74 Å². The second-order valence-electron chi connectivity index (χ2n) is 7.39. The van der Waals surface area contributed by atoms with Gasteiger partial charge in [-0.25, -0.2) is 0 Å². The van der Waals surface area contributed by atoms with Gasteiger partial charge in [0, 0.05) is 31.2 Å². The number of halogens is 3. The average molecular weight is 458 g/mol. The van der Waals surface area contributed by atoms with Gasteiger partial charge in [-0.2, -0.15) is 21.6 Å². The van der Waals surface area contributed by atoms with E-state index in [1.54, 1.807) is 0 Å². The van der Waals surface area contributed by atoms with E-state index < -0.39 is 15.5 Å². The molecule has 0 amide bonds. The molecule has 0 aliphatic carbocycles. The summed E-state index contributed by atoms with van der Waals surface area (Å²) < 4.78 is 67.9. The van der Waals surface area contributed by atoms with Crippen LogP contribution < -0.4 is 19.7 Å². The van der Waals surface area contributed by atoms with Crippen LogP contribution in [-0.4, -0.2) is 40.7 Å². The summed E-state index contributed by atoms with van der Waals surface area (Å²) in [7, 11) is -3.13. The highest BCUT2D eigenvalue weighted by Crippen LogP contribution is 2.32. The van der Waals surface area contributed by atoms with Gasteiger partial charge < -0.3 is 15.4 Å². The van der Waals surface area contributed by atoms with E-state index in [1.807, 2.05) is 18.2 Å². The summed E-state index contributed by atoms with van der Waals surface area (Å²) in [5.74, 6) is 0.467. The Morgan fingerprint density at radius 3 is 2.55 bits per heavy atom. The molecule has 10 heteroatoms. The van der Waals surface area contributed by atoms with Gasteiger partial charge in [0.25, 0.3) is 0 Å². The maximum absolute atomic E-state index is 12.9. The van der Waals surface area contributed by atoms with Crippen LogP contribution in [0, 0.1) is 0 Å². The standard InChI is InChI=1S/C21H26F3N3O3S/c1-27(31(28,29)21(22,23)24)17-10-11-19(30-2)16(13-17)14-26-18-9-6-12-25-20(18)15-7-4-3-5-8-15/h3-5,7-8,10-11,13,18,20,25-26H,6,9,12,14H2,1-2H3/t18-,20-/m0/s1. The van der Waals surface area contributed by atoms with Gasteiger partial charge in [0.2, 0.25) is 0 Å². The molecule has 2 aromatic carbocycles. The molecule has 31 heavy (non-hydrogen) atoms. The van der Waals surface area contributed by atoms with E-state index in [2.05, 4.69) is 22.8 Å². The van der Waals surface area contributed by atoms with Crippen LogP contribution in [0.1, 0.15) is 30.0 Å². The molecular formula is C21H26F3N3O3S. The summed E-state index contributed by atoms with van der Waals surface area (Å²) >= 11 is 0. The molecule has 170 valence electrons. The Balaban J connectivity index is 1.81. The number of nitrogens with one attached hydrogen (secondary N) is 2. The molecule has 2 aromatic rings. The number of hydrogen-bond donors (Lipinski definition) is 2. The molecule has 1 heterocycles. The van der Waals surface area contributed by atoms with Crippen molar-refractivity contribution in [1.29, 1.82) is 0 Å². The summed E-state index contributed by atoms with van der Waals surface area (Å²) in [5, 5.41) is 6.97. The first kappa shape index (κ1) is 23.4. The predicted octanol–water partition coefficient (Wildman–Crippen LogP) is 3.56. The third-order valence-electron chi connectivity index (χ3n) is 5.45. The van der Waals surface area contributed by atoms with Gasteiger partial charge in [-0.05, 0) is 43.1 Å². The van der Waals surface area contributed by atoms with Gasteiger partial charge in [0.1, 0.15) is 5.75 Å². The van der Waals surface area contributed by atoms with Crippen LogP contribution in [0.2, 0.25) is 0 Å². The predicted molar refractivity (Wildman–Crippen MR) is 113 cm³/mol. The Hall–Kier alpha value is -2.30. The first-order valence-corrected chi connectivity index (χ1v) is 11.3.